The number of nitrogens with one attached hydrogen (secondary N) is 1. The van der Waals surface area contributed by atoms with Gasteiger partial charge in [-0.3, -0.25) is 0 Å². The fourth-order valence-corrected chi connectivity index (χ4v) is 1.46. The first-order valence-corrected chi connectivity index (χ1v) is 5.93. The summed E-state index contributed by atoms with van der Waals surface area (Å²) in [5.41, 5.74) is 0.426. The lowest BCUT2D eigenvalue weighted by atomic mass is 10.3. The molecule has 6 heteroatoms. The van der Waals surface area contributed by atoms with E-state index in [1.807, 2.05) is 0 Å². The molecule has 2 amide bonds. The highest BCUT2D eigenvalue weighted by atomic mass is 35.5. The molecule has 1 rings (SSSR count). The maximum atomic E-state index is 12.9. The summed E-state index contributed by atoms with van der Waals surface area (Å²) in [7, 11) is 1.61. The number of aliphatic hydroxyl groups excluding tert-OH is 1. The highest BCUT2D eigenvalue weighted by molar-refractivity contribution is 6.31. The van der Waals surface area contributed by atoms with E-state index in [1.165, 1.54) is 23.1 Å². The van der Waals surface area contributed by atoms with Crippen LogP contribution in [0.3, 0.4) is 0 Å². The van der Waals surface area contributed by atoms with Crippen LogP contribution in [0.1, 0.15) is 13.3 Å². The summed E-state index contributed by atoms with van der Waals surface area (Å²) < 4.78 is 12.9. The van der Waals surface area contributed by atoms with Gasteiger partial charge in [0.25, 0.3) is 0 Å². The van der Waals surface area contributed by atoms with Gasteiger partial charge in [-0.15, -0.1) is 0 Å². The Morgan fingerprint density at radius 3 is 2.83 bits per heavy atom. The lowest BCUT2D eigenvalue weighted by Gasteiger charge is -2.18. The number of carbonyl (C=O) groups is 1. The van der Waals surface area contributed by atoms with Crippen molar-refractivity contribution in [3.8, 4) is 0 Å². The largest absolute Gasteiger partial charge is 0.393 e. The highest BCUT2D eigenvalue weighted by Gasteiger charge is 2.10. The maximum absolute atomic E-state index is 12.9. The minimum Gasteiger partial charge on any atom is -0.393 e. The third-order valence-electron chi connectivity index (χ3n) is 2.40. The summed E-state index contributed by atoms with van der Waals surface area (Å²) in [4.78, 5) is 13.2. The van der Waals surface area contributed by atoms with Crippen LogP contribution in [-0.4, -0.2) is 35.7 Å². The molecule has 0 saturated carbocycles. The van der Waals surface area contributed by atoms with E-state index in [4.69, 9.17) is 16.7 Å². The topological polar surface area (TPSA) is 52.6 Å². The van der Waals surface area contributed by atoms with E-state index in [0.29, 0.717) is 18.7 Å². The quantitative estimate of drug-likeness (QED) is 0.887. The number of hydrogen-bond donors (Lipinski definition) is 2. The van der Waals surface area contributed by atoms with Gasteiger partial charge in [-0.25, -0.2) is 9.18 Å². The summed E-state index contributed by atoms with van der Waals surface area (Å²) in [6.45, 7) is 2.09. The molecule has 0 aromatic heterocycles. The standard InChI is InChI=1S/C12H16ClFN2O2/c1-8(17)5-6-16(2)12(18)15-9-3-4-11(14)10(13)7-9/h3-4,7-8,17H,5-6H2,1-2H3,(H,15,18). The number of hydrogen-bond acceptors (Lipinski definition) is 2. The Morgan fingerprint density at radius 2 is 2.28 bits per heavy atom. The molecule has 1 unspecified atom stereocenters. The number of urea groups is 1. The average Bonchev–Trinajstić information content (AvgIpc) is 2.30. The molecule has 0 heterocycles. The Labute approximate surface area is 110 Å². The molecule has 0 spiro atoms. The van der Waals surface area contributed by atoms with E-state index in [1.54, 1.807) is 14.0 Å². The van der Waals surface area contributed by atoms with Gasteiger partial charge in [0.15, 0.2) is 0 Å². The average molecular weight is 275 g/mol. The second-order valence-corrected chi connectivity index (χ2v) is 4.53. The van der Waals surface area contributed by atoms with Crippen molar-refractivity contribution in [2.75, 3.05) is 18.9 Å². The Balaban J connectivity index is 2.55. The normalized spacial score (nSPS) is 12.1. The number of carbonyl (C=O) groups excluding carboxylic acids is 1. The van der Waals surface area contributed by atoms with Crippen LogP contribution < -0.4 is 5.32 Å². The minimum absolute atomic E-state index is 0.0422. The van der Waals surface area contributed by atoms with Gasteiger partial charge >= 0.3 is 6.03 Å². The molecule has 1 atom stereocenters. The predicted octanol–water partition coefficient (Wildman–Crippen LogP) is 2.71. The molecule has 0 saturated heterocycles. The van der Waals surface area contributed by atoms with Crippen LogP contribution in [0.4, 0.5) is 14.9 Å². The Hall–Kier alpha value is -1.33. The van der Waals surface area contributed by atoms with Crippen molar-refractivity contribution in [3.63, 3.8) is 0 Å². The number of benzene rings is 1. The first-order valence-electron chi connectivity index (χ1n) is 5.55. The molecular weight excluding hydrogens is 259 g/mol. The molecule has 4 nitrogen and oxygen atoms in total. The number of amides is 2. The van der Waals surface area contributed by atoms with E-state index in [0.717, 1.165) is 0 Å². The van der Waals surface area contributed by atoms with Crippen LogP contribution in [0.5, 0.6) is 0 Å². The van der Waals surface area contributed by atoms with Gasteiger partial charge < -0.3 is 15.3 Å². The summed E-state index contributed by atoms with van der Waals surface area (Å²) in [5, 5.41) is 11.7. The minimum atomic E-state index is -0.530. The van der Waals surface area contributed by atoms with E-state index in [9.17, 15) is 9.18 Å². The fourth-order valence-electron chi connectivity index (χ4n) is 1.27. The van der Waals surface area contributed by atoms with Crippen molar-refractivity contribution in [2.24, 2.45) is 0 Å². The van der Waals surface area contributed by atoms with Crippen LogP contribution in [0.15, 0.2) is 18.2 Å². The summed E-state index contributed by atoms with van der Waals surface area (Å²) in [5.74, 6) is -0.530. The molecule has 2 N–H and O–H groups in total. The highest BCUT2D eigenvalue weighted by Crippen LogP contribution is 2.19. The van der Waals surface area contributed by atoms with Gasteiger partial charge in [-0.2, -0.15) is 0 Å². The van der Waals surface area contributed by atoms with E-state index in [2.05, 4.69) is 5.32 Å². The smallest absolute Gasteiger partial charge is 0.321 e. The Kier molecular flexibility index (Phi) is 5.37. The van der Waals surface area contributed by atoms with Gasteiger partial charge in [-0.1, -0.05) is 11.6 Å². The number of anilines is 1. The summed E-state index contributed by atoms with van der Waals surface area (Å²) in [6.07, 6.45) is 0.0363. The van der Waals surface area contributed by atoms with E-state index in [-0.39, 0.29) is 11.1 Å². The monoisotopic (exact) mass is 274 g/mol. The van der Waals surface area contributed by atoms with Crippen LogP contribution in [-0.2, 0) is 0 Å². The SMILES string of the molecule is CC(O)CCN(C)C(=O)Nc1ccc(F)c(Cl)c1. The van der Waals surface area contributed by atoms with Crippen LogP contribution in [0.25, 0.3) is 0 Å². The molecule has 1 aromatic rings. The number of aliphatic hydroxyl groups is 1. The van der Waals surface area contributed by atoms with Gasteiger partial charge in [-0.05, 0) is 31.5 Å². The predicted molar refractivity (Wildman–Crippen MR) is 69.4 cm³/mol. The van der Waals surface area contributed by atoms with Gasteiger partial charge in [0.05, 0.1) is 11.1 Å². The molecular formula is C12H16ClFN2O2. The molecule has 0 aliphatic rings. The molecule has 18 heavy (non-hydrogen) atoms. The number of nitrogens with zero attached hydrogens (tertiary/aromatic N) is 1. The molecule has 0 aliphatic heterocycles. The number of rotatable bonds is 4. The second kappa shape index (κ2) is 6.56. The van der Waals surface area contributed by atoms with Crippen molar-refractivity contribution < 1.29 is 14.3 Å². The van der Waals surface area contributed by atoms with Crippen LogP contribution in [0, 0.1) is 5.82 Å². The third kappa shape index (κ3) is 4.50. The molecule has 0 radical (unpaired) electrons. The van der Waals surface area contributed by atoms with Crippen LogP contribution >= 0.6 is 11.6 Å². The second-order valence-electron chi connectivity index (χ2n) is 4.12. The first kappa shape index (κ1) is 14.7. The lowest BCUT2D eigenvalue weighted by molar-refractivity contribution is 0.167. The molecule has 100 valence electrons. The van der Waals surface area contributed by atoms with E-state index < -0.39 is 11.9 Å². The third-order valence-corrected chi connectivity index (χ3v) is 2.69. The van der Waals surface area contributed by atoms with Crippen LogP contribution in [0.2, 0.25) is 5.02 Å². The Bertz CT molecular complexity index is 427. The molecule has 1 aromatic carbocycles. The van der Waals surface area contributed by atoms with Gasteiger partial charge in [0, 0.05) is 19.3 Å². The fraction of sp³-hybridized carbons (Fsp3) is 0.417. The summed E-state index contributed by atoms with van der Waals surface area (Å²) >= 11 is 5.61. The lowest BCUT2D eigenvalue weighted by Crippen LogP contribution is -2.33. The maximum Gasteiger partial charge on any atom is 0.321 e. The number of halogens is 2. The zero-order valence-corrected chi connectivity index (χ0v) is 11.0. The van der Waals surface area contributed by atoms with Gasteiger partial charge in [0.2, 0.25) is 0 Å². The van der Waals surface area contributed by atoms with Gasteiger partial charge in [0.1, 0.15) is 5.82 Å². The Morgan fingerprint density at radius 1 is 1.61 bits per heavy atom. The molecule has 0 fully saturated rings. The molecule has 0 bridgehead atoms. The van der Waals surface area contributed by atoms with Crippen molar-refractivity contribution in [2.45, 2.75) is 19.4 Å². The zero-order chi connectivity index (χ0) is 13.7. The zero-order valence-electron chi connectivity index (χ0n) is 10.3. The van der Waals surface area contributed by atoms with Crippen molar-refractivity contribution in [1.82, 2.24) is 4.90 Å². The first-order chi connectivity index (χ1) is 8.40. The van der Waals surface area contributed by atoms with Crippen molar-refractivity contribution in [1.29, 1.82) is 0 Å². The molecule has 0 aliphatic carbocycles. The van der Waals surface area contributed by atoms with Crippen molar-refractivity contribution in [3.05, 3.63) is 29.0 Å². The van der Waals surface area contributed by atoms with E-state index >= 15 is 0 Å². The van der Waals surface area contributed by atoms with Crippen molar-refractivity contribution >= 4 is 23.3 Å². The summed E-state index contributed by atoms with van der Waals surface area (Å²) in [6, 6.07) is 3.63.